The second-order valence-electron chi connectivity index (χ2n) is 12.5. The summed E-state index contributed by atoms with van der Waals surface area (Å²) in [6, 6.07) is 46.4. The summed E-state index contributed by atoms with van der Waals surface area (Å²) in [5.74, 6) is 0. The fraction of sp³-hybridized carbons (Fsp3) is 0. The summed E-state index contributed by atoms with van der Waals surface area (Å²) in [5, 5.41) is 4.41. The van der Waals surface area contributed by atoms with Gasteiger partial charge in [0, 0.05) is 72.4 Å². The number of thiophene rings is 1. The normalized spacial score (nSPS) is 11.5. The molecule has 0 aliphatic rings. The highest BCUT2D eigenvalue weighted by Gasteiger charge is 2.17. The van der Waals surface area contributed by atoms with Gasteiger partial charge in [0.05, 0.1) is 40.5 Å². The second kappa shape index (κ2) is 12.5. The SMILES string of the molecule is c1ccc2c(c1)sc1ncnc(-c3ccc(N(c4ccc(-c5ccc6ccncc6n5)cc4)c4ccc(-c5ccc6ccncc6n5)cc4)cc3)c12. The van der Waals surface area contributed by atoms with Crippen molar-refractivity contribution in [3.05, 3.63) is 165 Å². The Morgan fingerprint density at radius 3 is 1.60 bits per heavy atom. The van der Waals surface area contributed by atoms with E-state index in [0.29, 0.717) is 0 Å². The molecule has 6 aromatic heterocycles. The third kappa shape index (κ3) is 5.30. The van der Waals surface area contributed by atoms with Gasteiger partial charge in [-0.1, -0.05) is 66.7 Å². The topological polar surface area (TPSA) is 80.6 Å². The molecule has 0 bridgehead atoms. The number of rotatable bonds is 6. The van der Waals surface area contributed by atoms with Crippen molar-refractivity contribution in [3.8, 4) is 33.8 Å². The third-order valence-electron chi connectivity index (χ3n) is 9.41. The summed E-state index contributed by atoms with van der Waals surface area (Å²) in [7, 11) is 0. The highest BCUT2D eigenvalue weighted by Crippen LogP contribution is 2.40. The van der Waals surface area contributed by atoms with Crippen LogP contribution in [0.2, 0.25) is 0 Å². The Labute approximate surface area is 302 Å². The fourth-order valence-electron chi connectivity index (χ4n) is 6.81. The van der Waals surface area contributed by atoms with Gasteiger partial charge in [-0.15, -0.1) is 11.3 Å². The van der Waals surface area contributed by atoms with Gasteiger partial charge in [-0.3, -0.25) is 9.97 Å². The standard InChI is InChI=1S/C44H27N7S/c1-2-4-41-36(3-1)42-43(47-27-48-44(42)52-41)32-9-17-35(18-10-32)51(33-13-5-28(6-14-33)37-19-11-30-21-23-45-25-39(30)49-37)34-15-7-29(8-16-34)38-20-12-31-22-24-46-26-40(31)50-38/h1-27H. The predicted molar refractivity (Wildman–Crippen MR) is 212 cm³/mol. The molecule has 0 saturated heterocycles. The van der Waals surface area contributed by atoms with Gasteiger partial charge in [-0.05, 0) is 66.7 Å². The van der Waals surface area contributed by atoms with Crippen LogP contribution in [0.5, 0.6) is 0 Å². The van der Waals surface area contributed by atoms with Crippen LogP contribution >= 0.6 is 11.3 Å². The lowest BCUT2D eigenvalue weighted by Gasteiger charge is -2.26. The average Bonchev–Trinajstić information content (AvgIpc) is 3.61. The molecule has 6 heterocycles. The summed E-state index contributed by atoms with van der Waals surface area (Å²) in [5.41, 5.74) is 10.7. The molecule has 0 aliphatic heterocycles. The molecule has 4 aromatic carbocycles. The summed E-state index contributed by atoms with van der Waals surface area (Å²) in [6.45, 7) is 0. The zero-order chi connectivity index (χ0) is 34.4. The third-order valence-corrected chi connectivity index (χ3v) is 10.5. The lowest BCUT2D eigenvalue weighted by Crippen LogP contribution is -2.10. The number of pyridine rings is 4. The highest BCUT2D eigenvalue weighted by atomic mass is 32.1. The molecule has 0 saturated carbocycles. The molecule has 52 heavy (non-hydrogen) atoms. The number of nitrogens with zero attached hydrogens (tertiary/aromatic N) is 7. The minimum absolute atomic E-state index is 0.875. The summed E-state index contributed by atoms with van der Waals surface area (Å²) in [6.07, 6.45) is 8.86. The highest BCUT2D eigenvalue weighted by molar-refractivity contribution is 7.25. The molecule has 7 nitrogen and oxygen atoms in total. The lowest BCUT2D eigenvalue weighted by atomic mass is 10.0. The summed E-state index contributed by atoms with van der Waals surface area (Å²) >= 11 is 1.70. The molecule has 0 N–H and O–H groups in total. The van der Waals surface area contributed by atoms with Crippen LogP contribution in [-0.4, -0.2) is 29.9 Å². The summed E-state index contributed by atoms with van der Waals surface area (Å²) < 4.78 is 1.21. The maximum atomic E-state index is 4.87. The van der Waals surface area contributed by atoms with Crippen molar-refractivity contribution in [1.82, 2.24) is 29.9 Å². The van der Waals surface area contributed by atoms with Crippen molar-refractivity contribution in [2.75, 3.05) is 4.90 Å². The minimum atomic E-state index is 0.875. The van der Waals surface area contributed by atoms with Gasteiger partial charge in [0.2, 0.25) is 0 Å². The smallest absolute Gasteiger partial charge is 0.128 e. The van der Waals surface area contributed by atoms with E-state index in [0.717, 1.165) is 82.9 Å². The second-order valence-corrected chi connectivity index (χ2v) is 13.5. The van der Waals surface area contributed by atoms with E-state index in [1.807, 2.05) is 12.1 Å². The maximum Gasteiger partial charge on any atom is 0.128 e. The molecule has 10 aromatic rings. The largest absolute Gasteiger partial charge is 0.311 e. The van der Waals surface area contributed by atoms with E-state index in [9.17, 15) is 0 Å². The van der Waals surface area contributed by atoms with E-state index in [-0.39, 0.29) is 0 Å². The maximum absolute atomic E-state index is 4.87. The van der Waals surface area contributed by atoms with Crippen molar-refractivity contribution < 1.29 is 0 Å². The van der Waals surface area contributed by atoms with Gasteiger partial charge in [-0.25, -0.2) is 19.9 Å². The van der Waals surface area contributed by atoms with E-state index in [2.05, 4.69) is 141 Å². The van der Waals surface area contributed by atoms with Crippen LogP contribution in [0.25, 0.3) is 75.9 Å². The average molecular weight is 686 g/mol. The Bertz CT molecular complexity index is 2780. The van der Waals surface area contributed by atoms with Crippen LogP contribution < -0.4 is 4.90 Å². The zero-order valence-corrected chi connectivity index (χ0v) is 28.4. The molecule has 0 unspecified atom stereocenters. The Morgan fingerprint density at radius 2 is 1.02 bits per heavy atom. The minimum Gasteiger partial charge on any atom is -0.311 e. The first-order chi connectivity index (χ1) is 25.7. The molecule has 0 fully saturated rings. The number of aromatic nitrogens is 6. The number of hydrogen-bond donors (Lipinski definition) is 0. The molecular weight excluding hydrogens is 659 g/mol. The number of anilines is 3. The molecular formula is C44H27N7S. The van der Waals surface area contributed by atoms with Gasteiger partial charge in [0.15, 0.2) is 0 Å². The Balaban J connectivity index is 1.04. The first-order valence-electron chi connectivity index (χ1n) is 16.9. The Kier molecular flexibility index (Phi) is 7.18. The van der Waals surface area contributed by atoms with Crippen molar-refractivity contribution in [3.63, 3.8) is 0 Å². The Morgan fingerprint density at radius 1 is 0.481 bits per heavy atom. The lowest BCUT2D eigenvalue weighted by molar-refractivity contribution is 1.23. The van der Waals surface area contributed by atoms with Gasteiger partial charge in [0.25, 0.3) is 0 Å². The van der Waals surface area contributed by atoms with Crippen molar-refractivity contribution in [2.45, 2.75) is 0 Å². The monoisotopic (exact) mass is 685 g/mol. The first kappa shape index (κ1) is 30.0. The Hall–Kier alpha value is -6.90. The van der Waals surface area contributed by atoms with E-state index in [1.165, 1.54) is 10.1 Å². The summed E-state index contributed by atoms with van der Waals surface area (Å²) in [4.78, 5) is 30.9. The molecule has 0 amide bonds. The molecule has 0 spiro atoms. The van der Waals surface area contributed by atoms with E-state index in [4.69, 9.17) is 15.0 Å². The molecule has 0 aliphatic carbocycles. The van der Waals surface area contributed by atoms with Gasteiger partial charge < -0.3 is 4.90 Å². The van der Waals surface area contributed by atoms with Crippen LogP contribution in [0.3, 0.4) is 0 Å². The number of hydrogen-bond acceptors (Lipinski definition) is 8. The molecule has 8 heteroatoms. The zero-order valence-electron chi connectivity index (χ0n) is 27.6. The van der Waals surface area contributed by atoms with Gasteiger partial charge in [-0.2, -0.15) is 0 Å². The predicted octanol–water partition coefficient (Wildman–Crippen LogP) is 11.2. The van der Waals surface area contributed by atoms with Crippen molar-refractivity contribution in [2.24, 2.45) is 0 Å². The van der Waals surface area contributed by atoms with E-state index >= 15 is 0 Å². The van der Waals surface area contributed by atoms with E-state index in [1.54, 1.807) is 42.5 Å². The van der Waals surface area contributed by atoms with Crippen LogP contribution in [0.4, 0.5) is 17.1 Å². The number of fused-ring (bicyclic) bond motifs is 5. The van der Waals surface area contributed by atoms with Crippen LogP contribution in [-0.2, 0) is 0 Å². The molecule has 0 atom stereocenters. The van der Waals surface area contributed by atoms with Crippen LogP contribution in [0, 0.1) is 0 Å². The molecule has 244 valence electrons. The van der Waals surface area contributed by atoms with Crippen molar-refractivity contribution in [1.29, 1.82) is 0 Å². The van der Waals surface area contributed by atoms with Gasteiger partial charge in [0.1, 0.15) is 11.2 Å². The van der Waals surface area contributed by atoms with Crippen LogP contribution in [0.1, 0.15) is 0 Å². The first-order valence-corrected chi connectivity index (χ1v) is 17.7. The quantitative estimate of drug-likeness (QED) is 0.172. The molecule has 10 rings (SSSR count). The van der Waals surface area contributed by atoms with Gasteiger partial charge >= 0.3 is 0 Å². The van der Waals surface area contributed by atoms with Crippen molar-refractivity contribution >= 4 is 70.5 Å². The fourth-order valence-corrected chi connectivity index (χ4v) is 7.85. The van der Waals surface area contributed by atoms with E-state index < -0.39 is 0 Å². The van der Waals surface area contributed by atoms with Crippen LogP contribution in [0.15, 0.2) is 165 Å². The number of benzene rings is 4. The molecule has 0 radical (unpaired) electrons.